The molecule has 0 aromatic heterocycles. The first kappa shape index (κ1) is 94.9. The minimum atomic E-state index is -4.94. The van der Waals surface area contributed by atoms with Gasteiger partial charge in [-0.2, -0.15) is 0 Å². The van der Waals surface area contributed by atoms with Crippen molar-refractivity contribution in [3.8, 4) is 0 Å². The van der Waals surface area contributed by atoms with Crippen LogP contribution in [0.25, 0.3) is 0 Å². The molecule has 570 valence electrons. The van der Waals surface area contributed by atoms with Crippen LogP contribution in [0.4, 0.5) is 0 Å². The Morgan fingerprint density at radius 2 is 0.535 bits per heavy atom. The third-order valence-corrected chi connectivity index (χ3v) is 18.1. The summed E-state index contributed by atoms with van der Waals surface area (Å²) in [5.74, 6) is -1.60. The standard InChI is InChI=1S/C81H140O16P2/c1-4-7-10-13-16-19-22-25-28-30-31-32-33-34-35-36-37-38-39-40-41-42-43-45-48-49-52-55-58-61-64-67-79(84)91-70-76(82)71-93-98(87,88)94-72-77(83)73-95-99(89,90)96-75-78(97-81(86)69-66-63-60-57-54-51-46-27-24-21-18-15-12-9-6-3)74-92-80(85)68-65-62-59-56-53-50-47-44-29-26-23-20-17-14-11-8-5-2/h8-9,11-12,16-21,25-29,31-32,34-35,46,76-78,82-83H,4-7,10,13-15,22-24,30,33,36-45,47-75H2,1-3H3,(H,87,88)(H,89,90)/b11-8-,12-9-,19-16-,20-17-,21-18-,28-25-,29-26-,32-31-,35-34-,46-27-. The van der Waals surface area contributed by atoms with Crippen molar-refractivity contribution in [1.29, 1.82) is 0 Å². The summed E-state index contributed by atoms with van der Waals surface area (Å²) in [5.41, 5.74) is 0. The number of esters is 3. The molecule has 16 nitrogen and oxygen atoms in total. The number of carbonyl (C=O) groups excluding carboxylic acids is 3. The van der Waals surface area contributed by atoms with E-state index in [1.807, 2.05) is 0 Å². The number of phosphoric ester groups is 2. The van der Waals surface area contributed by atoms with Crippen LogP contribution in [0.1, 0.15) is 316 Å². The Labute approximate surface area is 602 Å². The fourth-order valence-electron chi connectivity index (χ4n) is 10.3. The zero-order valence-electron chi connectivity index (χ0n) is 62.1. The summed E-state index contributed by atoms with van der Waals surface area (Å²) in [7, 11) is -9.79. The largest absolute Gasteiger partial charge is 0.472 e. The molecular formula is C81H140O16P2. The first-order chi connectivity index (χ1) is 48.2. The van der Waals surface area contributed by atoms with Gasteiger partial charge in [0, 0.05) is 19.3 Å². The molecule has 0 aromatic carbocycles. The van der Waals surface area contributed by atoms with E-state index in [9.17, 15) is 43.5 Å². The van der Waals surface area contributed by atoms with E-state index < -0.39 is 91.5 Å². The second-order valence-corrected chi connectivity index (χ2v) is 28.7. The van der Waals surface area contributed by atoms with Crippen molar-refractivity contribution in [2.75, 3.05) is 39.6 Å². The van der Waals surface area contributed by atoms with Gasteiger partial charge in [-0.05, 0) is 128 Å². The van der Waals surface area contributed by atoms with Gasteiger partial charge >= 0.3 is 33.6 Å². The van der Waals surface area contributed by atoms with E-state index in [1.165, 1.54) is 103 Å². The Hall–Kier alpha value is -4.05. The van der Waals surface area contributed by atoms with Gasteiger partial charge in [0.1, 0.15) is 25.4 Å². The molecular weight excluding hydrogens is 1290 g/mol. The molecule has 0 saturated heterocycles. The topological polar surface area (TPSA) is 231 Å². The Bertz CT molecular complexity index is 2290. The lowest BCUT2D eigenvalue weighted by Gasteiger charge is -2.21. The molecule has 0 amide bonds. The minimum absolute atomic E-state index is 0.0810. The van der Waals surface area contributed by atoms with E-state index in [1.54, 1.807) is 0 Å². The molecule has 0 radical (unpaired) electrons. The summed E-state index contributed by atoms with van der Waals surface area (Å²) in [6.07, 6.45) is 86.9. The van der Waals surface area contributed by atoms with Gasteiger partial charge in [0.15, 0.2) is 6.10 Å². The number of hydrogen-bond acceptors (Lipinski definition) is 14. The van der Waals surface area contributed by atoms with E-state index in [0.29, 0.717) is 19.3 Å². The van der Waals surface area contributed by atoms with Crippen LogP contribution >= 0.6 is 15.6 Å². The molecule has 4 N–H and O–H groups in total. The van der Waals surface area contributed by atoms with Crippen LogP contribution in [0.2, 0.25) is 0 Å². The molecule has 0 fully saturated rings. The summed E-state index contributed by atoms with van der Waals surface area (Å²) >= 11 is 0. The SMILES string of the molecule is CC/C=C\C/C=C\C/C=C\CCCCCCCCCC(=O)OCC(COP(=O)(O)OCC(O)COP(=O)(O)OCC(O)COC(=O)CCCCCCCCCCCCCCCCC/C=C\C/C=C\C/C=C\C/C=C\CCCCC)OC(=O)CCCCCCC/C=C\C/C=C\C/C=C\CC. The van der Waals surface area contributed by atoms with E-state index in [4.69, 9.17) is 32.3 Å². The highest BCUT2D eigenvalue weighted by Gasteiger charge is 2.29. The molecule has 0 saturated carbocycles. The van der Waals surface area contributed by atoms with Crippen LogP contribution in [-0.4, -0.2) is 95.9 Å². The number of hydrogen-bond donors (Lipinski definition) is 4. The lowest BCUT2D eigenvalue weighted by atomic mass is 10.0. The van der Waals surface area contributed by atoms with Crippen LogP contribution in [0, 0.1) is 0 Å². The Balaban J connectivity index is 4.46. The normalized spacial score (nSPS) is 14.7. The number of ether oxygens (including phenoxy) is 3. The molecule has 99 heavy (non-hydrogen) atoms. The minimum Gasteiger partial charge on any atom is -0.463 e. The Morgan fingerprint density at radius 3 is 0.848 bits per heavy atom. The van der Waals surface area contributed by atoms with E-state index in [2.05, 4.69) is 142 Å². The van der Waals surface area contributed by atoms with Gasteiger partial charge in [0.2, 0.25) is 0 Å². The van der Waals surface area contributed by atoms with E-state index >= 15 is 0 Å². The van der Waals surface area contributed by atoms with Gasteiger partial charge in [-0.1, -0.05) is 290 Å². The molecule has 0 rings (SSSR count). The molecule has 0 aliphatic carbocycles. The van der Waals surface area contributed by atoms with Crippen molar-refractivity contribution in [3.63, 3.8) is 0 Å². The number of aliphatic hydroxyl groups is 2. The van der Waals surface area contributed by atoms with Gasteiger partial charge in [0.25, 0.3) is 0 Å². The second kappa shape index (κ2) is 73.7. The van der Waals surface area contributed by atoms with Gasteiger partial charge in [-0.3, -0.25) is 32.5 Å². The van der Waals surface area contributed by atoms with Crippen LogP contribution in [-0.2, 0) is 55.8 Å². The van der Waals surface area contributed by atoms with Crippen molar-refractivity contribution in [1.82, 2.24) is 0 Å². The molecule has 0 heterocycles. The van der Waals surface area contributed by atoms with Crippen molar-refractivity contribution < 1.29 is 75.8 Å². The lowest BCUT2D eigenvalue weighted by molar-refractivity contribution is -0.161. The van der Waals surface area contributed by atoms with Crippen molar-refractivity contribution >= 4 is 33.6 Å². The summed E-state index contributed by atoms with van der Waals surface area (Å²) in [6, 6.07) is 0. The molecule has 0 aliphatic heterocycles. The van der Waals surface area contributed by atoms with Crippen molar-refractivity contribution in [2.45, 2.75) is 334 Å². The highest BCUT2D eigenvalue weighted by Crippen LogP contribution is 2.45. The monoisotopic (exact) mass is 1430 g/mol. The Morgan fingerprint density at radius 1 is 0.293 bits per heavy atom. The summed E-state index contributed by atoms with van der Waals surface area (Å²) in [4.78, 5) is 58.6. The number of rotatable bonds is 73. The van der Waals surface area contributed by atoms with Crippen LogP contribution in [0.5, 0.6) is 0 Å². The van der Waals surface area contributed by atoms with Gasteiger partial charge in [-0.25, -0.2) is 9.13 Å². The second-order valence-electron chi connectivity index (χ2n) is 25.7. The number of unbranched alkanes of at least 4 members (excludes halogenated alkanes) is 30. The lowest BCUT2D eigenvalue weighted by Crippen LogP contribution is -2.30. The molecule has 0 aromatic rings. The zero-order chi connectivity index (χ0) is 72.3. The first-order valence-electron chi connectivity index (χ1n) is 38.8. The highest BCUT2D eigenvalue weighted by atomic mass is 31.2. The predicted molar refractivity (Wildman–Crippen MR) is 408 cm³/mol. The first-order valence-corrected chi connectivity index (χ1v) is 41.8. The highest BCUT2D eigenvalue weighted by molar-refractivity contribution is 7.47. The fraction of sp³-hybridized carbons (Fsp3) is 0.716. The molecule has 5 unspecified atom stereocenters. The van der Waals surface area contributed by atoms with Gasteiger partial charge in [0.05, 0.1) is 26.4 Å². The van der Waals surface area contributed by atoms with E-state index in [-0.39, 0.29) is 19.3 Å². The maximum Gasteiger partial charge on any atom is 0.472 e. The molecule has 0 bridgehead atoms. The predicted octanol–water partition coefficient (Wildman–Crippen LogP) is 22.5. The molecule has 18 heteroatoms. The van der Waals surface area contributed by atoms with Crippen molar-refractivity contribution in [2.24, 2.45) is 0 Å². The number of phosphoric acid groups is 2. The number of allylic oxidation sites excluding steroid dienone is 20. The van der Waals surface area contributed by atoms with Gasteiger partial charge < -0.3 is 34.2 Å². The quantitative estimate of drug-likeness (QED) is 0.0146. The van der Waals surface area contributed by atoms with Crippen molar-refractivity contribution in [3.05, 3.63) is 122 Å². The summed E-state index contributed by atoms with van der Waals surface area (Å²) in [6.45, 7) is 2.41. The van der Waals surface area contributed by atoms with Gasteiger partial charge in [-0.15, -0.1) is 0 Å². The average molecular weight is 1430 g/mol. The molecule has 0 aliphatic rings. The Kier molecular flexibility index (Phi) is 70.7. The van der Waals surface area contributed by atoms with E-state index in [0.717, 1.165) is 154 Å². The summed E-state index contributed by atoms with van der Waals surface area (Å²) < 4.78 is 61.1. The maximum atomic E-state index is 12.9. The fourth-order valence-corrected chi connectivity index (χ4v) is 11.9. The van der Waals surface area contributed by atoms with Crippen LogP contribution in [0.15, 0.2) is 122 Å². The number of carbonyl (C=O) groups is 3. The molecule has 0 spiro atoms. The summed E-state index contributed by atoms with van der Waals surface area (Å²) in [5, 5.41) is 20.6. The molecule has 5 atom stereocenters. The maximum absolute atomic E-state index is 12.9. The third kappa shape index (κ3) is 74.9. The smallest absolute Gasteiger partial charge is 0.463 e. The van der Waals surface area contributed by atoms with Crippen LogP contribution < -0.4 is 0 Å². The average Bonchev–Trinajstić information content (AvgIpc) is 1.11. The zero-order valence-corrected chi connectivity index (χ0v) is 63.9. The third-order valence-electron chi connectivity index (χ3n) is 16.2. The van der Waals surface area contributed by atoms with Crippen LogP contribution in [0.3, 0.4) is 0 Å². The number of aliphatic hydroxyl groups excluding tert-OH is 2.